The summed E-state index contributed by atoms with van der Waals surface area (Å²) < 4.78 is 0. The van der Waals surface area contributed by atoms with Crippen LogP contribution in [0.5, 0.6) is 0 Å². The summed E-state index contributed by atoms with van der Waals surface area (Å²) in [6, 6.07) is 0.414. The van der Waals surface area contributed by atoms with Crippen molar-refractivity contribution in [2.24, 2.45) is 0 Å². The first-order chi connectivity index (χ1) is 4.86. The third-order valence-electron chi connectivity index (χ3n) is 1.61. The third kappa shape index (κ3) is 0.750. The Balaban J connectivity index is 2.17. The van der Waals surface area contributed by atoms with Crippen molar-refractivity contribution in [3.8, 4) is 0 Å². The van der Waals surface area contributed by atoms with Crippen LogP contribution in [0.4, 0.5) is 5.82 Å². The fourth-order valence-corrected chi connectivity index (χ4v) is 0.901. The molecule has 5 nitrogen and oxygen atoms in total. The molecule has 0 spiro atoms. The van der Waals surface area contributed by atoms with Crippen molar-refractivity contribution in [3.05, 3.63) is 6.20 Å². The minimum absolute atomic E-state index is 0.414. The second kappa shape index (κ2) is 1.95. The van der Waals surface area contributed by atoms with Gasteiger partial charge in [-0.2, -0.15) is 9.90 Å². The highest BCUT2D eigenvalue weighted by Gasteiger charge is 2.19. The number of anilines is 1. The highest BCUT2D eigenvalue weighted by molar-refractivity contribution is 5.19. The molecule has 0 unspecified atom stereocenters. The Labute approximate surface area is 58.2 Å². The minimum Gasteiger partial charge on any atom is -0.381 e. The van der Waals surface area contributed by atoms with Crippen molar-refractivity contribution < 1.29 is 0 Å². The molecule has 1 fully saturated rings. The van der Waals surface area contributed by atoms with Crippen LogP contribution < -0.4 is 11.1 Å². The Bertz CT molecular complexity index is 226. The molecule has 1 aromatic rings. The van der Waals surface area contributed by atoms with Crippen LogP contribution in [0.2, 0.25) is 0 Å². The van der Waals surface area contributed by atoms with Crippen LogP contribution in [0.15, 0.2) is 6.20 Å². The summed E-state index contributed by atoms with van der Waals surface area (Å²) >= 11 is 0. The van der Waals surface area contributed by atoms with E-state index in [2.05, 4.69) is 15.5 Å². The van der Waals surface area contributed by atoms with Gasteiger partial charge in [-0.05, 0) is 0 Å². The molecule has 1 aliphatic rings. The predicted molar refractivity (Wildman–Crippen MR) is 36.3 cm³/mol. The quantitative estimate of drug-likeness (QED) is 0.524. The van der Waals surface area contributed by atoms with E-state index in [0.717, 1.165) is 13.1 Å². The van der Waals surface area contributed by atoms with Gasteiger partial charge in [0.2, 0.25) is 0 Å². The molecule has 0 saturated carbocycles. The monoisotopic (exact) mass is 139 g/mol. The summed E-state index contributed by atoms with van der Waals surface area (Å²) in [6.45, 7) is 1.90. The van der Waals surface area contributed by atoms with E-state index in [0.29, 0.717) is 11.9 Å². The van der Waals surface area contributed by atoms with Gasteiger partial charge in [-0.15, -0.1) is 5.10 Å². The fraction of sp³-hybridized carbons (Fsp3) is 0.600. The van der Waals surface area contributed by atoms with Gasteiger partial charge < -0.3 is 11.1 Å². The number of hydrogen-bond acceptors (Lipinski definition) is 4. The fourth-order valence-electron chi connectivity index (χ4n) is 0.901. The lowest BCUT2D eigenvalue weighted by Gasteiger charge is -2.25. The van der Waals surface area contributed by atoms with Crippen molar-refractivity contribution in [2.75, 3.05) is 18.8 Å². The van der Waals surface area contributed by atoms with Crippen LogP contribution in [0, 0.1) is 0 Å². The van der Waals surface area contributed by atoms with Gasteiger partial charge in [-0.25, -0.2) is 0 Å². The van der Waals surface area contributed by atoms with Gasteiger partial charge in [0.15, 0.2) is 5.82 Å². The predicted octanol–water partition coefficient (Wildman–Crippen LogP) is -0.995. The lowest BCUT2D eigenvalue weighted by Crippen LogP contribution is -2.44. The molecule has 0 radical (unpaired) electrons. The van der Waals surface area contributed by atoms with Crippen molar-refractivity contribution in [1.29, 1.82) is 0 Å². The first-order valence-corrected chi connectivity index (χ1v) is 3.24. The molecule has 0 amide bonds. The van der Waals surface area contributed by atoms with Gasteiger partial charge in [-0.3, -0.25) is 0 Å². The molecule has 0 bridgehead atoms. The van der Waals surface area contributed by atoms with Crippen LogP contribution in [0.1, 0.15) is 6.04 Å². The van der Waals surface area contributed by atoms with Crippen molar-refractivity contribution in [1.82, 2.24) is 20.3 Å². The zero-order chi connectivity index (χ0) is 6.97. The van der Waals surface area contributed by atoms with Crippen LogP contribution in [-0.2, 0) is 0 Å². The van der Waals surface area contributed by atoms with Gasteiger partial charge in [0, 0.05) is 13.1 Å². The number of hydrogen-bond donors (Lipinski definition) is 2. The maximum atomic E-state index is 5.38. The molecule has 5 heteroatoms. The van der Waals surface area contributed by atoms with Gasteiger partial charge in [-0.1, -0.05) is 0 Å². The SMILES string of the molecule is Nc1cnn(C2CNC2)n1. The van der Waals surface area contributed by atoms with Crippen LogP contribution in [0.3, 0.4) is 0 Å². The smallest absolute Gasteiger partial charge is 0.165 e. The molecule has 2 heterocycles. The van der Waals surface area contributed by atoms with Crippen molar-refractivity contribution in [2.45, 2.75) is 6.04 Å². The maximum absolute atomic E-state index is 5.38. The first-order valence-electron chi connectivity index (χ1n) is 3.24. The van der Waals surface area contributed by atoms with E-state index in [1.807, 2.05) is 0 Å². The molecule has 3 N–H and O–H groups in total. The van der Waals surface area contributed by atoms with Crippen LogP contribution >= 0.6 is 0 Å². The molecule has 1 saturated heterocycles. The lowest BCUT2D eigenvalue weighted by atomic mass is 10.2. The third-order valence-corrected chi connectivity index (χ3v) is 1.61. The lowest BCUT2D eigenvalue weighted by molar-refractivity contribution is 0.290. The second-order valence-electron chi connectivity index (χ2n) is 2.40. The molecule has 2 rings (SSSR count). The molecule has 1 aliphatic heterocycles. The summed E-state index contributed by atoms with van der Waals surface area (Å²) in [4.78, 5) is 1.66. The van der Waals surface area contributed by atoms with Crippen molar-refractivity contribution in [3.63, 3.8) is 0 Å². The van der Waals surface area contributed by atoms with Gasteiger partial charge in [0.05, 0.1) is 12.2 Å². The number of aromatic nitrogens is 3. The Hall–Kier alpha value is -1.10. The Morgan fingerprint density at radius 1 is 1.70 bits per heavy atom. The van der Waals surface area contributed by atoms with E-state index in [1.165, 1.54) is 0 Å². The Morgan fingerprint density at radius 2 is 2.50 bits per heavy atom. The zero-order valence-corrected chi connectivity index (χ0v) is 5.49. The molecule has 54 valence electrons. The highest BCUT2D eigenvalue weighted by atomic mass is 15.5. The number of nitrogen functional groups attached to an aromatic ring is 1. The molecule has 0 aromatic carbocycles. The number of nitrogens with two attached hydrogens (primary N) is 1. The van der Waals surface area contributed by atoms with Gasteiger partial charge >= 0.3 is 0 Å². The van der Waals surface area contributed by atoms with E-state index in [4.69, 9.17) is 5.73 Å². The minimum atomic E-state index is 0.414. The topological polar surface area (TPSA) is 68.8 Å². The summed E-state index contributed by atoms with van der Waals surface area (Å²) in [6.07, 6.45) is 1.57. The Kier molecular flexibility index (Phi) is 1.10. The average molecular weight is 139 g/mol. The summed E-state index contributed by atoms with van der Waals surface area (Å²) in [7, 11) is 0. The van der Waals surface area contributed by atoms with E-state index in [1.54, 1.807) is 11.0 Å². The van der Waals surface area contributed by atoms with E-state index in [-0.39, 0.29) is 0 Å². The second-order valence-corrected chi connectivity index (χ2v) is 2.40. The summed E-state index contributed by atoms with van der Waals surface area (Å²) in [5.41, 5.74) is 5.38. The molecular formula is C5H9N5. The standard InChI is InChI=1S/C5H9N5/c6-5-3-8-10(9-5)4-1-7-2-4/h3-4,7H,1-2H2,(H2,6,9). The molecular weight excluding hydrogens is 130 g/mol. The van der Waals surface area contributed by atoms with Gasteiger partial charge in [0.1, 0.15) is 0 Å². The van der Waals surface area contributed by atoms with Crippen LogP contribution in [0.25, 0.3) is 0 Å². The average Bonchev–Trinajstić information content (AvgIpc) is 2.10. The van der Waals surface area contributed by atoms with Crippen molar-refractivity contribution >= 4 is 5.82 Å². The number of nitrogens with zero attached hydrogens (tertiary/aromatic N) is 3. The molecule has 0 aliphatic carbocycles. The zero-order valence-electron chi connectivity index (χ0n) is 5.49. The number of rotatable bonds is 1. The summed E-state index contributed by atoms with van der Waals surface area (Å²) in [5.74, 6) is 0.493. The molecule has 10 heavy (non-hydrogen) atoms. The van der Waals surface area contributed by atoms with E-state index in [9.17, 15) is 0 Å². The van der Waals surface area contributed by atoms with E-state index < -0.39 is 0 Å². The molecule has 1 aromatic heterocycles. The molecule has 0 atom stereocenters. The van der Waals surface area contributed by atoms with Crippen LogP contribution in [-0.4, -0.2) is 28.1 Å². The highest BCUT2D eigenvalue weighted by Crippen LogP contribution is 2.08. The largest absolute Gasteiger partial charge is 0.381 e. The maximum Gasteiger partial charge on any atom is 0.165 e. The van der Waals surface area contributed by atoms with E-state index >= 15 is 0 Å². The summed E-state index contributed by atoms with van der Waals surface area (Å²) in [5, 5.41) is 11.1. The van der Waals surface area contributed by atoms with Gasteiger partial charge in [0.25, 0.3) is 0 Å². The first kappa shape index (κ1) is 5.67. The Morgan fingerprint density at radius 3 is 2.90 bits per heavy atom. The number of nitrogens with one attached hydrogen (secondary N) is 1. The normalized spacial score (nSPS) is 18.8.